The molecule has 1 aliphatic rings. The van der Waals surface area contributed by atoms with Gasteiger partial charge in [0.05, 0.1) is 5.92 Å². The van der Waals surface area contributed by atoms with Crippen LogP contribution in [-0.2, 0) is 15.3 Å². The van der Waals surface area contributed by atoms with Gasteiger partial charge in [0, 0.05) is 17.4 Å². The van der Waals surface area contributed by atoms with Crippen LogP contribution in [0.5, 0.6) is 0 Å². The highest BCUT2D eigenvalue weighted by Crippen LogP contribution is 2.30. The van der Waals surface area contributed by atoms with Crippen molar-refractivity contribution >= 4 is 29.3 Å². The summed E-state index contributed by atoms with van der Waals surface area (Å²) in [6, 6.07) is 7.83. The molecule has 2 rings (SSSR count). The van der Waals surface area contributed by atoms with Crippen molar-refractivity contribution in [2.75, 3.05) is 11.6 Å². The van der Waals surface area contributed by atoms with Gasteiger partial charge in [-0.15, -0.1) is 0 Å². The van der Waals surface area contributed by atoms with Crippen molar-refractivity contribution in [2.45, 2.75) is 31.4 Å². The van der Waals surface area contributed by atoms with E-state index in [2.05, 4.69) is 5.32 Å². The Hall–Kier alpha value is -1.49. The topological polar surface area (TPSA) is 66.4 Å². The SMILES string of the molecule is CSCc1ccccc1NC(=O)C1CCC(C(=O)O)CC1. The number of thioether (sulfide) groups is 1. The molecule has 2 N–H and O–H groups in total. The van der Waals surface area contributed by atoms with Crippen molar-refractivity contribution in [1.29, 1.82) is 0 Å². The lowest BCUT2D eigenvalue weighted by atomic mass is 9.81. The van der Waals surface area contributed by atoms with Crippen molar-refractivity contribution < 1.29 is 14.7 Å². The van der Waals surface area contributed by atoms with Gasteiger partial charge >= 0.3 is 5.97 Å². The molecule has 0 heterocycles. The van der Waals surface area contributed by atoms with E-state index in [1.807, 2.05) is 30.5 Å². The summed E-state index contributed by atoms with van der Waals surface area (Å²) in [5.41, 5.74) is 2.00. The van der Waals surface area contributed by atoms with Gasteiger partial charge in [-0.3, -0.25) is 9.59 Å². The Labute approximate surface area is 129 Å². The molecule has 1 fully saturated rings. The molecule has 1 aliphatic carbocycles. The van der Waals surface area contributed by atoms with Crippen LogP contribution < -0.4 is 5.32 Å². The van der Waals surface area contributed by atoms with Crippen LogP contribution in [-0.4, -0.2) is 23.2 Å². The maximum Gasteiger partial charge on any atom is 0.306 e. The third-order valence-corrected chi connectivity index (χ3v) is 4.62. The molecule has 5 heteroatoms. The molecule has 1 aromatic carbocycles. The first-order chi connectivity index (χ1) is 10.1. The van der Waals surface area contributed by atoms with Crippen molar-refractivity contribution in [2.24, 2.45) is 11.8 Å². The first kappa shape index (κ1) is 15.9. The van der Waals surface area contributed by atoms with Crippen LogP contribution >= 0.6 is 11.8 Å². The molecule has 1 aromatic rings. The second kappa shape index (κ2) is 7.50. The predicted octanol–water partition coefficient (Wildman–Crippen LogP) is 3.38. The van der Waals surface area contributed by atoms with Gasteiger partial charge in [0.25, 0.3) is 0 Å². The number of benzene rings is 1. The van der Waals surface area contributed by atoms with Gasteiger partial charge < -0.3 is 10.4 Å². The number of rotatable bonds is 5. The molecular formula is C16H21NO3S. The van der Waals surface area contributed by atoms with Crippen LogP contribution in [0.1, 0.15) is 31.2 Å². The van der Waals surface area contributed by atoms with E-state index in [0.29, 0.717) is 25.7 Å². The molecule has 21 heavy (non-hydrogen) atoms. The number of carbonyl (C=O) groups is 2. The number of para-hydroxylation sites is 1. The number of carboxylic acids is 1. The molecular weight excluding hydrogens is 286 g/mol. The number of aliphatic carboxylic acids is 1. The average molecular weight is 307 g/mol. The Morgan fingerprint density at radius 2 is 1.81 bits per heavy atom. The average Bonchev–Trinajstić information content (AvgIpc) is 2.49. The van der Waals surface area contributed by atoms with E-state index in [0.717, 1.165) is 17.0 Å². The first-order valence-electron chi connectivity index (χ1n) is 7.22. The zero-order valence-electron chi connectivity index (χ0n) is 12.2. The van der Waals surface area contributed by atoms with Crippen molar-refractivity contribution in [3.8, 4) is 0 Å². The fraction of sp³-hybridized carbons (Fsp3) is 0.500. The molecule has 0 bridgehead atoms. The fourth-order valence-corrected chi connectivity index (χ4v) is 3.32. The van der Waals surface area contributed by atoms with E-state index in [4.69, 9.17) is 5.11 Å². The summed E-state index contributed by atoms with van der Waals surface area (Å²) >= 11 is 1.72. The predicted molar refractivity (Wildman–Crippen MR) is 85.4 cm³/mol. The largest absolute Gasteiger partial charge is 0.481 e. The molecule has 0 unspecified atom stereocenters. The van der Waals surface area contributed by atoms with Crippen molar-refractivity contribution in [3.63, 3.8) is 0 Å². The Kier molecular flexibility index (Phi) is 5.67. The van der Waals surface area contributed by atoms with Crippen LogP contribution in [0.2, 0.25) is 0 Å². The number of nitrogens with one attached hydrogen (secondary N) is 1. The first-order valence-corrected chi connectivity index (χ1v) is 8.61. The second-order valence-corrected chi connectivity index (χ2v) is 6.33. The van der Waals surface area contributed by atoms with Gasteiger partial charge in [0.2, 0.25) is 5.91 Å². The van der Waals surface area contributed by atoms with Crippen LogP contribution in [0.4, 0.5) is 5.69 Å². The molecule has 114 valence electrons. The highest BCUT2D eigenvalue weighted by Gasteiger charge is 2.29. The minimum absolute atomic E-state index is 0.0207. The number of hydrogen-bond acceptors (Lipinski definition) is 3. The summed E-state index contributed by atoms with van der Waals surface area (Å²) in [4.78, 5) is 23.3. The maximum atomic E-state index is 12.3. The maximum absolute atomic E-state index is 12.3. The zero-order valence-corrected chi connectivity index (χ0v) is 13.0. The Bertz CT molecular complexity index is 510. The minimum Gasteiger partial charge on any atom is -0.481 e. The lowest BCUT2D eigenvalue weighted by Crippen LogP contribution is -2.29. The lowest BCUT2D eigenvalue weighted by molar-refractivity contribution is -0.143. The number of amides is 1. The monoisotopic (exact) mass is 307 g/mol. The molecule has 0 saturated heterocycles. The van der Waals surface area contributed by atoms with Crippen LogP contribution in [0.25, 0.3) is 0 Å². The molecule has 1 amide bonds. The van der Waals surface area contributed by atoms with Gasteiger partial charge in [-0.25, -0.2) is 0 Å². The van der Waals surface area contributed by atoms with E-state index in [1.165, 1.54) is 0 Å². The summed E-state index contributed by atoms with van der Waals surface area (Å²) < 4.78 is 0. The summed E-state index contributed by atoms with van der Waals surface area (Å²) in [6.07, 6.45) is 4.55. The zero-order chi connectivity index (χ0) is 15.2. The van der Waals surface area contributed by atoms with Crippen LogP contribution in [0.15, 0.2) is 24.3 Å². The highest BCUT2D eigenvalue weighted by atomic mass is 32.2. The summed E-state index contributed by atoms with van der Waals surface area (Å²) in [7, 11) is 0. The fourth-order valence-electron chi connectivity index (χ4n) is 2.76. The molecule has 0 spiro atoms. The molecule has 0 radical (unpaired) electrons. The third-order valence-electron chi connectivity index (χ3n) is 4.02. The quantitative estimate of drug-likeness (QED) is 0.875. The standard InChI is InChI=1S/C16H21NO3S/c1-21-10-13-4-2-3-5-14(13)17-15(18)11-6-8-12(9-7-11)16(19)20/h2-5,11-12H,6-10H2,1H3,(H,17,18)(H,19,20). The molecule has 0 aromatic heterocycles. The van der Waals surface area contributed by atoms with Crippen molar-refractivity contribution in [3.05, 3.63) is 29.8 Å². The Morgan fingerprint density at radius 1 is 1.19 bits per heavy atom. The summed E-state index contributed by atoms with van der Waals surface area (Å²) in [6.45, 7) is 0. The van der Waals surface area contributed by atoms with E-state index < -0.39 is 5.97 Å². The summed E-state index contributed by atoms with van der Waals surface area (Å²) in [5.74, 6) is -0.199. The third kappa shape index (κ3) is 4.24. The van der Waals surface area contributed by atoms with Crippen LogP contribution in [0, 0.1) is 11.8 Å². The number of hydrogen-bond donors (Lipinski definition) is 2. The molecule has 0 aliphatic heterocycles. The molecule has 0 atom stereocenters. The normalized spacial score (nSPS) is 21.8. The van der Waals surface area contributed by atoms with Gasteiger partial charge in [-0.2, -0.15) is 11.8 Å². The van der Waals surface area contributed by atoms with E-state index >= 15 is 0 Å². The Morgan fingerprint density at radius 3 is 2.43 bits per heavy atom. The Balaban J connectivity index is 1.95. The van der Waals surface area contributed by atoms with E-state index in [1.54, 1.807) is 11.8 Å². The smallest absolute Gasteiger partial charge is 0.306 e. The van der Waals surface area contributed by atoms with Crippen molar-refractivity contribution in [1.82, 2.24) is 0 Å². The highest BCUT2D eigenvalue weighted by molar-refractivity contribution is 7.97. The number of anilines is 1. The van der Waals surface area contributed by atoms with Gasteiger partial charge in [-0.1, -0.05) is 18.2 Å². The van der Waals surface area contributed by atoms with E-state index in [-0.39, 0.29) is 17.7 Å². The minimum atomic E-state index is -0.737. The number of carbonyl (C=O) groups excluding carboxylic acids is 1. The van der Waals surface area contributed by atoms with Gasteiger partial charge in [0.15, 0.2) is 0 Å². The second-order valence-electron chi connectivity index (χ2n) is 5.47. The van der Waals surface area contributed by atoms with E-state index in [9.17, 15) is 9.59 Å². The molecule has 1 saturated carbocycles. The lowest BCUT2D eigenvalue weighted by Gasteiger charge is -2.25. The number of carboxylic acid groups (broad SMARTS) is 1. The van der Waals surface area contributed by atoms with Gasteiger partial charge in [-0.05, 0) is 43.6 Å². The van der Waals surface area contributed by atoms with Gasteiger partial charge in [0.1, 0.15) is 0 Å². The summed E-state index contributed by atoms with van der Waals surface area (Å²) in [5, 5.41) is 12.0. The van der Waals surface area contributed by atoms with Crippen LogP contribution in [0.3, 0.4) is 0 Å². The molecule has 4 nitrogen and oxygen atoms in total.